The Morgan fingerprint density at radius 1 is 1.04 bits per heavy atom. The van der Waals surface area contributed by atoms with Crippen molar-refractivity contribution in [3.8, 4) is 6.07 Å². The second-order valence-corrected chi connectivity index (χ2v) is 4.70. The van der Waals surface area contributed by atoms with Gasteiger partial charge in [-0.25, -0.2) is 5.43 Å². The smallest absolute Gasteiger partial charge is 0.254 e. The van der Waals surface area contributed by atoms with E-state index < -0.39 is 5.91 Å². The normalized spacial score (nSPS) is 10.4. The van der Waals surface area contributed by atoms with Crippen molar-refractivity contribution in [2.24, 2.45) is 5.10 Å². The molecule has 3 amide bonds. The molecule has 0 saturated carbocycles. The molecule has 0 bridgehead atoms. The molecule has 0 atom stereocenters. The van der Waals surface area contributed by atoms with Crippen molar-refractivity contribution < 1.29 is 14.4 Å². The zero-order valence-corrected chi connectivity index (χ0v) is 12.8. The summed E-state index contributed by atoms with van der Waals surface area (Å²) in [6.07, 6.45) is -0.288. The van der Waals surface area contributed by atoms with Gasteiger partial charge in [-0.3, -0.25) is 14.4 Å². The summed E-state index contributed by atoms with van der Waals surface area (Å²) in [4.78, 5) is 33.8. The lowest BCUT2D eigenvalue weighted by molar-refractivity contribution is -0.120. The Hall–Kier alpha value is -3.21. The average molecular weight is 315 g/mol. The standard InChI is InChI=1S/C15H17N5O3/c1-10(19-20-14(22)7-8-16)9-15(23)18-13-5-3-12(4-6-13)17-11(2)21/h3-6H,7,9H2,1-2H3,(H,17,21)(H,18,23)(H,20,22)/b19-10-. The van der Waals surface area contributed by atoms with Gasteiger partial charge in [-0.2, -0.15) is 10.4 Å². The van der Waals surface area contributed by atoms with Crippen molar-refractivity contribution in [2.45, 2.75) is 26.7 Å². The SMILES string of the molecule is CC(=O)Nc1ccc(NC(=O)C/C(C)=N\NC(=O)CC#N)cc1. The van der Waals surface area contributed by atoms with Crippen LogP contribution in [0.25, 0.3) is 0 Å². The second-order valence-electron chi connectivity index (χ2n) is 4.70. The number of rotatable bonds is 6. The van der Waals surface area contributed by atoms with E-state index in [-0.39, 0.29) is 24.7 Å². The Kier molecular flexibility index (Phi) is 6.94. The van der Waals surface area contributed by atoms with Crippen molar-refractivity contribution in [3.63, 3.8) is 0 Å². The molecule has 0 aromatic heterocycles. The molecular weight excluding hydrogens is 298 g/mol. The fourth-order valence-electron chi connectivity index (χ4n) is 1.59. The predicted octanol–water partition coefficient (Wildman–Crippen LogP) is 1.38. The molecule has 0 aliphatic heterocycles. The van der Waals surface area contributed by atoms with Crippen molar-refractivity contribution in [1.29, 1.82) is 5.26 Å². The van der Waals surface area contributed by atoms with E-state index in [1.165, 1.54) is 6.92 Å². The van der Waals surface area contributed by atoms with Crippen molar-refractivity contribution in [2.75, 3.05) is 10.6 Å². The van der Waals surface area contributed by atoms with E-state index in [0.29, 0.717) is 17.1 Å². The molecule has 1 aromatic rings. The van der Waals surface area contributed by atoms with Gasteiger partial charge >= 0.3 is 0 Å². The lowest BCUT2D eigenvalue weighted by Crippen LogP contribution is -2.20. The summed E-state index contributed by atoms with van der Waals surface area (Å²) in [6.45, 7) is 3.00. The van der Waals surface area contributed by atoms with Crippen LogP contribution in [0.5, 0.6) is 0 Å². The van der Waals surface area contributed by atoms with Gasteiger partial charge in [0.1, 0.15) is 6.42 Å². The number of carbonyl (C=O) groups excluding carboxylic acids is 3. The van der Waals surface area contributed by atoms with E-state index in [1.54, 1.807) is 37.3 Å². The van der Waals surface area contributed by atoms with E-state index in [4.69, 9.17) is 5.26 Å². The third-order valence-corrected chi connectivity index (χ3v) is 2.52. The van der Waals surface area contributed by atoms with Crippen LogP contribution in [0.1, 0.15) is 26.7 Å². The Bertz CT molecular complexity index is 659. The molecular formula is C15H17N5O3. The molecule has 0 aliphatic carbocycles. The van der Waals surface area contributed by atoms with Crippen LogP contribution in [0.15, 0.2) is 29.4 Å². The monoisotopic (exact) mass is 315 g/mol. The average Bonchev–Trinajstić information content (AvgIpc) is 2.47. The molecule has 8 heteroatoms. The van der Waals surface area contributed by atoms with Crippen LogP contribution in [0.3, 0.4) is 0 Å². The molecule has 8 nitrogen and oxygen atoms in total. The Balaban J connectivity index is 2.50. The zero-order valence-electron chi connectivity index (χ0n) is 12.8. The zero-order chi connectivity index (χ0) is 17.2. The lowest BCUT2D eigenvalue weighted by atomic mass is 10.2. The minimum Gasteiger partial charge on any atom is -0.326 e. The molecule has 0 heterocycles. The molecule has 0 radical (unpaired) electrons. The quantitative estimate of drug-likeness (QED) is 0.542. The third-order valence-electron chi connectivity index (χ3n) is 2.52. The number of anilines is 2. The van der Waals surface area contributed by atoms with Gasteiger partial charge in [-0.15, -0.1) is 0 Å². The molecule has 1 rings (SSSR count). The van der Waals surface area contributed by atoms with Crippen molar-refractivity contribution >= 4 is 34.8 Å². The first kappa shape index (κ1) is 17.8. The highest BCUT2D eigenvalue weighted by molar-refractivity contribution is 6.05. The number of carbonyl (C=O) groups is 3. The largest absolute Gasteiger partial charge is 0.326 e. The molecule has 1 aromatic carbocycles. The second kappa shape index (κ2) is 8.94. The first-order valence-electron chi connectivity index (χ1n) is 6.77. The Morgan fingerprint density at radius 3 is 2.13 bits per heavy atom. The molecule has 23 heavy (non-hydrogen) atoms. The van der Waals surface area contributed by atoms with Crippen molar-refractivity contribution in [3.05, 3.63) is 24.3 Å². The van der Waals surface area contributed by atoms with Gasteiger partial charge in [0, 0.05) is 24.0 Å². The summed E-state index contributed by atoms with van der Waals surface area (Å²) < 4.78 is 0. The highest BCUT2D eigenvalue weighted by Gasteiger charge is 2.06. The number of amides is 3. The minimum atomic E-state index is -0.527. The van der Waals surface area contributed by atoms with Crippen LogP contribution in [0.2, 0.25) is 0 Å². The molecule has 120 valence electrons. The molecule has 3 N–H and O–H groups in total. The number of hydrogen-bond donors (Lipinski definition) is 3. The lowest BCUT2D eigenvalue weighted by Gasteiger charge is -2.07. The van der Waals surface area contributed by atoms with Crippen LogP contribution in [0, 0.1) is 11.3 Å². The van der Waals surface area contributed by atoms with Gasteiger partial charge in [0.25, 0.3) is 5.91 Å². The predicted molar refractivity (Wildman–Crippen MR) is 85.5 cm³/mol. The van der Waals surface area contributed by atoms with Crippen LogP contribution < -0.4 is 16.1 Å². The van der Waals surface area contributed by atoms with Crippen molar-refractivity contribution in [1.82, 2.24) is 5.43 Å². The topological polar surface area (TPSA) is 123 Å². The summed E-state index contributed by atoms with van der Waals surface area (Å²) in [5, 5.41) is 17.4. The highest BCUT2D eigenvalue weighted by Crippen LogP contribution is 2.13. The van der Waals surface area contributed by atoms with E-state index in [9.17, 15) is 14.4 Å². The van der Waals surface area contributed by atoms with Gasteiger partial charge < -0.3 is 10.6 Å². The minimum absolute atomic E-state index is 0.000279. The molecule has 0 spiro atoms. The number of benzene rings is 1. The number of nitriles is 1. The van der Waals surface area contributed by atoms with E-state index in [2.05, 4.69) is 21.2 Å². The van der Waals surface area contributed by atoms with E-state index in [0.717, 1.165) is 0 Å². The van der Waals surface area contributed by atoms with Crippen LogP contribution >= 0.6 is 0 Å². The Morgan fingerprint density at radius 2 is 1.61 bits per heavy atom. The van der Waals surface area contributed by atoms with Gasteiger partial charge in [-0.05, 0) is 31.2 Å². The van der Waals surface area contributed by atoms with E-state index in [1.807, 2.05) is 0 Å². The van der Waals surface area contributed by atoms with Gasteiger partial charge in [0.15, 0.2) is 0 Å². The fraction of sp³-hybridized carbons (Fsp3) is 0.267. The first-order valence-corrected chi connectivity index (χ1v) is 6.77. The van der Waals surface area contributed by atoms with Crippen LogP contribution in [0.4, 0.5) is 11.4 Å². The number of hydrogen-bond acceptors (Lipinski definition) is 5. The van der Waals surface area contributed by atoms with Gasteiger partial charge in [0.2, 0.25) is 11.8 Å². The fourth-order valence-corrected chi connectivity index (χ4v) is 1.59. The number of nitrogens with one attached hydrogen (secondary N) is 3. The summed E-state index contributed by atoms with van der Waals surface area (Å²) in [7, 11) is 0. The maximum atomic E-state index is 11.8. The van der Waals surface area contributed by atoms with E-state index >= 15 is 0 Å². The number of nitrogens with zero attached hydrogens (tertiary/aromatic N) is 2. The third kappa shape index (κ3) is 7.38. The highest BCUT2D eigenvalue weighted by atomic mass is 16.2. The molecule has 0 aliphatic rings. The first-order chi connectivity index (χ1) is 10.9. The summed E-state index contributed by atoms with van der Waals surface area (Å²) in [5.41, 5.74) is 3.80. The summed E-state index contributed by atoms with van der Waals surface area (Å²) in [6, 6.07) is 8.34. The Labute approximate surface area is 133 Å². The van der Waals surface area contributed by atoms with Crippen LogP contribution in [-0.2, 0) is 14.4 Å². The molecule has 0 saturated heterocycles. The maximum absolute atomic E-state index is 11.8. The maximum Gasteiger partial charge on any atom is 0.254 e. The molecule has 0 fully saturated rings. The summed E-state index contributed by atoms with van der Waals surface area (Å²) in [5.74, 6) is -0.999. The van der Waals surface area contributed by atoms with Gasteiger partial charge in [-0.1, -0.05) is 0 Å². The number of hydrazone groups is 1. The van der Waals surface area contributed by atoms with Crippen LogP contribution in [-0.4, -0.2) is 23.4 Å². The molecule has 0 unspecified atom stereocenters. The summed E-state index contributed by atoms with van der Waals surface area (Å²) >= 11 is 0. The van der Waals surface area contributed by atoms with Gasteiger partial charge in [0.05, 0.1) is 12.5 Å².